The van der Waals surface area contributed by atoms with E-state index >= 15 is 0 Å². The zero-order valence-corrected chi connectivity index (χ0v) is 12.6. The standard InChI is InChI=1S/C13H21N5O3/c1-9-6-17(13(20)4-5-14-10(2)19)7-11-15-16-12(8-21-3)18(9)11/h9H,4-8H2,1-3H3,(H,14,19)/t9-/m0/s1. The van der Waals surface area contributed by atoms with Crippen LogP contribution in [-0.4, -0.2) is 51.7 Å². The van der Waals surface area contributed by atoms with Crippen LogP contribution in [0.3, 0.4) is 0 Å². The quantitative estimate of drug-likeness (QED) is 0.816. The lowest BCUT2D eigenvalue weighted by molar-refractivity contribution is -0.133. The molecule has 0 saturated carbocycles. The van der Waals surface area contributed by atoms with Crippen molar-refractivity contribution in [3.05, 3.63) is 11.6 Å². The molecule has 0 unspecified atom stereocenters. The summed E-state index contributed by atoms with van der Waals surface area (Å²) in [4.78, 5) is 24.7. The Morgan fingerprint density at radius 2 is 2.19 bits per heavy atom. The minimum absolute atomic E-state index is 0.0122. The molecule has 1 atom stereocenters. The van der Waals surface area contributed by atoms with Gasteiger partial charge in [0.25, 0.3) is 0 Å². The second kappa shape index (κ2) is 6.66. The third-order valence-corrected chi connectivity index (χ3v) is 3.43. The molecule has 0 radical (unpaired) electrons. The molecule has 0 spiro atoms. The van der Waals surface area contributed by atoms with Gasteiger partial charge in [0.1, 0.15) is 6.61 Å². The number of fused-ring (bicyclic) bond motifs is 1. The molecule has 1 aromatic heterocycles. The van der Waals surface area contributed by atoms with Crippen LogP contribution in [0.2, 0.25) is 0 Å². The average Bonchev–Trinajstić information content (AvgIpc) is 2.82. The third kappa shape index (κ3) is 3.57. The molecular formula is C13H21N5O3. The van der Waals surface area contributed by atoms with E-state index in [0.29, 0.717) is 32.7 Å². The zero-order chi connectivity index (χ0) is 15.4. The van der Waals surface area contributed by atoms with Crippen molar-refractivity contribution in [2.45, 2.75) is 39.5 Å². The van der Waals surface area contributed by atoms with Gasteiger partial charge in [0.05, 0.1) is 12.6 Å². The Morgan fingerprint density at radius 3 is 2.86 bits per heavy atom. The number of rotatable bonds is 5. The fourth-order valence-corrected chi connectivity index (χ4v) is 2.53. The lowest BCUT2D eigenvalue weighted by atomic mass is 10.2. The van der Waals surface area contributed by atoms with Crippen molar-refractivity contribution >= 4 is 11.8 Å². The number of carbonyl (C=O) groups excluding carboxylic acids is 2. The number of amides is 2. The number of aromatic nitrogens is 3. The lowest BCUT2D eigenvalue weighted by Gasteiger charge is -2.32. The Kier molecular flexibility index (Phi) is 4.89. The first-order valence-corrected chi connectivity index (χ1v) is 6.96. The van der Waals surface area contributed by atoms with Crippen LogP contribution in [0.5, 0.6) is 0 Å². The molecule has 0 aliphatic carbocycles. The summed E-state index contributed by atoms with van der Waals surface area (Å²) < 4.78 is 7.14. The molecule has 0 saturated heterocycles. The van der Waals surface area contributed by atoms with Crippen LogP contribution in [0.25, 0.3) is 0 Å². The zero-order valence-electron chi connectivity index (χ0n) is 12.6. The van der Waals surface area contributed by atoms with E-state index in [1.807, 2.05) is 11.5 Å². The van der Waals surface area contributed by atoms with Crippen molar-refractivity contribution in [1.82, 2.24) is 25.0 Å². The fourth-order valence-electron chi connectivity index (χ4n) is 2.53. The second-order valence-corrected chi connectivity index (χ2v) is 5.19. The van der Waals surface area contributed by atoms with E-state index in [9.17, 15) is 9.59 Å². The number of carbonyl (C=O) groups is 2. The van der Waals surface area contributed by atoms with Crippen molar-refractivity contribution in [1.29, 1.82) is 0 Å². The number of nitrogens with one attached hydrogen (secondary N) is 1. The van der Waals surface area contributed by atoms with Gasteiger partial charge in [-0.3, -0.25) is 9.59 Å². The van der Waals surface area contributed by atoms with Crippen LogP contribution in [0.4, 0.5) is 0 Å². The Bertz CT molecular complexity index is 528. The van der Waals surface area contributed by atoms with E-state index in [1.54, 1.807) is 12.0 Å². The number of nitrogens with zero attached hydrogens (tertiary/aromatic N) is 4. The molecule has 0 fully saturated rings. The molecular weight excluding hydrogens is 274 g/mol. The first kappa shape index (κ1) is 15.4. The maximum atomic E-state index is 12.2. The highest BCUT2D eigenvalue weighted by Gasteiger charge is 2.28. The van der Waals surface area contributed by atoms with Gasteiger partial charge in [0.15, 0.2) is 11.6 Å². The summed E-state index contributed by atoms with van der Waals surface area (Å²) in [7, 11) is 1.62. The van der Waals surface area contributed by atoms with Crippen LogP contribution >= 0.6 is 0 Å². The van der Waals surface area contributed by atoms with E-state index in [1.165, 1.54) is 6.92 Å². The van der Waals surface area contributed by atoms with E-state index in [-0.39, 0.29) is 17.9 Å². The van der Waals surface area contributed by atoms with Gasteiger partial charge in [-0.15, -0.1) is 10.2 Å². The summed E-state index contributed by atoms with van der Waals surface area (Å²) in [6.45, 7) is 5.29. The smallest absolute Gasteiger partial charge is 0.224 e. The minimum atomic E-state index is -0.126. The maximum Gasteiger partial charge on any atom is 0.224 e. The van der Waals surface area contributed by atoms with Crippen molar-refractivity contribution < 1.29 is 14.3 Å². The predicted octanol–water partition coefficient (Wildman–Crippen LogP) is -0.146. The normalized spacial score (nSPS) is 17.5. The average molecular weight is 295 g/mol. The van der Waals surface area contributed by atoms with Crippen LogP contribution in [0.15, 0.2) is 0 Å². The summed E-state index contributed by atoms with van der Waals surface area (Å²) in [5.41, 5.74) is 0. The van der Waals surface area contributed by atoms with Gasteiger partial charge in [-0.2, -0.15) is 0 Å². The van der Waals surface area contributed by atoms with Crippen LogP contribution in [0, 0.1) is 0 Å². The summed E-state index contributed by atoms with van der Waals surface area (Å²) in [6.07, 6.45) is 0.297. The summed E-state index contributed by atoms with van der Waals surface area (Å²) in [5.74, 6) is 1.44. The second-order valence-electron chi connectivity index (χ2n) is 5.19. The Balaban J connectivity index is 1.99. The molecule has 2 rings (SSSR count). The summed E-state index contributed by atoms with van der Waals surface area (Å²) in [6, 6.07) is 0.110. The SMILES string of the molecule is COCc1nnc2n1[C@@H](C)CN(C(=O)CCNC(C)=O)C2. The number of hydrogen-bond acceptors (Lipinski definition) is 5. The largest absolute Gasteiger partial charge is 0.377 e. The van der Waals surface area contributed by atoms with Gasteiger partial charge in [-0.1, -0.05) is 0 Å². The third-order valence-electron chi connectivity index (χ3n) is 3.43. The molecule has 1 aliphatic rings. The molecule has 1 aromatic rings. The van der Waals surface area contributed by atoms with Crippen LogP contribution < -0.4 is 5.32 Å². The first-order chi connectivity index (χ1) is 10.0. The molecule has 2 heterocycles. The number of methoxy groups -OCH3 is 1. The van der Waals surface area contributed by atoms with Crippen molar-refractivity contribution in [2.75, 3.05) is 20.2 Å². The number of hydrogen-bond donors (Lipinski definition) is 1. The highest BCUT2D eigenvalue weighted by atomic mass is 16.5. The molecule has 8 heteroatoms. The first-order valence-electron chi connectivity index (χ1n) is 6.96. The van der Waals surface area contributed by atoms with Crippen LogP contribution in [-0.2, 0) is 27.5 Å². The van der Waals surface area contributed by atoms with Gasteiger partial charge in [0.2, 0.25) is 11.8 Å². The molecule has 2 amide bonds. The van der Waals surface area contributed by atoms with E-state index in [2.05, 4.69) is 15.5 Å². The fraction of sp³-hybridized carbons (Fsp3) is 0.692. The van der Waals surface area contributed by atoms with E-state index in [4.69, 9.17) is 4.74 Å². The van der Waals surface area contributed by atoms with Crippen LogP contribution in [0.1, 0.15) is 38.0 Å². The molecule has 8 nitrogen and oxygen atoms in total. The number of ether oxygens (including phenoxy) is 1. The lowest BCUT2D eigenvalue weighted by Crippen LogP contribution is -2.41. The topological polar surface area (TPSA) is 89.3 Å². The van der Waals surface area contributed by atoms with Gasteiger partial charge < -0.3 is 19.5 Å². The van der Waals surface area contributed by atoms with Gasteiger partial charge in [-0.05, 0) is 6.92 Å². The van der Waals surface area contributed by atoms with E-state index in [0.717, 1.165) is 11.6 Å². The molecule has 1 aliphatic heterocycles. The maximum absolute atomic E-state index is 12.2. The molecule has 0 aromatic carbocycles. The highest BCUT2D eigenvalue weighted by molar-refractivity contribution is 5.78. The molecule has 1 N–H and O–H groups in total. The minimum Gasteiger partial charge on any atom is -0.377 e. The Morgan fingerprint density at radius 1 is 1.43 bits per heavy atom. The molecule has 21 heavy (non-hydrogen) atoms. The Hall–Kier alpha value is -1.96. The van der Waals surface area contributed by atoms with Crippen molar-refractivity contribution in [2.24, 2.45) is 0 Å². The highest BCUT2D eigenvalue weighted by Crippen LogP contribution is 2.22. The Labute approximate surface area is 123 Å². The predicted molar refractivity (Wildman–Crippen MR) is 74.2 cm³/mol. The molecule has 116 valence electrons. The monoisotopic (exact) mass is 295 g/mol. The van der Waals surface area contributed by atoms with Crippen molar-refractivity contribution in [3.63, 3.8) is 0 Å². The summed E-state index contributed by atoms with van der Waals surface area (Å²) >= 11 is 0. The van der Waals surface area contributed by atoms with Gasteiger partial charge >= 0.3 is 0 Å². The summed E-state index contributed by atoms with van der Waals surface area (Å²) in [5, 5.41) is 10.9. The van der Waals surface area contributed by atoms with Gasteiger partial charge in [-0.25, -0.2) is 0 Å². The molecule has 0 bridgehead atoms. The van der Waals surface area contributed by atoms with E-state index < -0.39 is 0 Å². The van der Waals surface area contributed by atoms with Gasteiger partial charge in [0, 0.05) is 33.5 Å². The van der Waals surface area contributed by atoms with Crippen molar-refractivity contribution in [3.8, 4) is 0 Å².